The molecule has 116 valence electrons. The number of amides is 3. The number of nitrogens with one attached hydrogen (secondary N) is 1. The van der Waals surface area contributed by atoms with Crippen molar-refractivity contribution in [3.8, 4) is 0 Å². The van der Waals surface area contributed by atoms with Crippen molar-refractivity contribution >= 4 is 12.1 Å². The minimum absolute atomic E-state index is 0.0155. The number of hydrogen-bond donors (Lipinski definition) is 1. The molecule has 6 nitrogen and oxygen atoms in total. The van der Waals surface area contributed by atoms with Crippen molar-refractivity contribution in [1.82, 2.24) is 15.1 Å². The van der Waals surface area contributed by atoms with E-state index in [-0.39, 0.29) is 24.3 Å². The van der Waals surface area contributed by atoms with Crippen molar-refractivity contribution in [3.05, 3.63) is 0 Å². The van der Waals surface area contributed by atoms with E-state index < -0.39 is 0 Å². The minimum Gasteiger partial charge on any atom is -0.447 e. The highest BCUT2D eigenvalue weighted by molar-refractivity contribution is 5.74. The summed E-state index contributed by atoms with van der Waals surface area (Å²) in [5.41, 5.74) is 0. The van der Waals surface area contributed by atoms with Crippen molar-refractivity contribution in [2.75, 3.05) is 26.2 Å². The average Bonchev–Trinajstić information content (AvgIpc) is 2.40. The van der Waals surface area contributed by atoms with Crippen molar-refractivity contribution in [2.24, 2.45) is 0 Å². The number of piperidine rings is 1. The molecule has 6 heteroatoms. The van der Waals surface area contributed by atoms with Gasteiger partial charge in [-0.25, -0.2) is 9.59 Å². The normalized spacial score (nSPS) is 16.1. The topological polar surface area (TPSA) is 61.9 Å². The summed E-state index contributed by atoms with van der Waals surface area (Å²) in [6, 6.07) is 0.129. The van der Waals surface area contributed by atoms with Gasteiger partial charge in [-0.15, -0.1) is 0 Å². The molecule has 1 N–H and O–H groups in total. The molecule has 0 aliphatic carbocycles. The number of carbonyl (C=O) groups is 2. The zero-order valence-electron chi connectivity index (χ0n) is 13.0. The zero-order chi connectivity index (χ0) is 15.1. The average molecular weight is 285 g/mol. The molecular formula is C14H27N3O3. The monoisotopic (exact) mass is 285 g/mol. The van der Waals surface area contributed by atoms with Gasteiger partial charge in [-0.2, -0.15) is 0 Å². The predicted molar refractivity (Wildman–Crippen MR) is 77.7 cm³/mol. The Labute approximate surface area is 121 Å². The molecule has 1 heterocycles. The lowest BCUT2D eigenvalue weighted by Gasteiger charge is -2.33. The van der Waals surface area contributed by atoms with Crippen molar-refractivity contribution in [3.63, 3.8) is 0 Å². The number of likely N-dealkylation sites (tertiary alicyclic amines) is 1. The molecule has 1 saturated heterocycles. The van der Waals surface area contributed by atoms with Gasteiger partial charge >= 0.3 is 12.1 Å². The van der Waals surface area contributed by atoms with Crippen LogP contribution in [0.5, 0.6) is 0 Å². The summed E-state index contributed by atoms with van der Waals surface area (Å²) in [7, 11) is 0. The van der Waals surface area contributed by atoms with Crippen LogP contribution in [0.3, 0.4) is 0 Å². The Balaban J connectivity index is 2.35. The van der Waals surface area contributed by atoms with E-state index >= 15 is 0 Å². The van der Waals surface area contributed by atoms with Crippen LogP contribution in [-0.4, -0.2) is 60.2 Å². The summed E-state index contributed by atoms with van der Waals surface area (Å²) in [4.78, 5) is 27.2. The Morgan fingerprint density at radius 2 is 1.80 bits per heavy atom. The second-order valence-electron chi connectivity index (χ2n) is 5.32. The van der Waals surface area contributed by atoms with E-state index in [9.17, 15) is 9.59 Å². The molecule has 0 atom stereocenters. The predicted octanol–water partition coefficient (Wildman–Crippen LogP) is 2.05. The molecule has 0 saturated carbocycles. The van der Waals surface area contributed by atoms with E-state index in [4.69, 9.17) is 4.74 Å². The maximum atomic E-state index is 11.9. The fourth-order valence-electron chi connectivity index (χ4n) is 2.26. The first kappa shape index (κ1) is 16.6. The van der Waals surface area contributed by atoms with Crippen LogP contribution in [0.4, 0.5) is 9.59 Å². The minimum atomic E-state index is -0.256. The van der Waals surface area contributed by atoms with E-state index in [1.54, 1.807) is 9.80 Å². The summed E-state index contributed by atoms with van der Waals surface area (Å²) in [6.45, 7) is 10.3. The third-order valence-electron chi connectivity index (χ3n) is 3.47. The first-order valence-corrected chi connectivity index (χ1v) is 7.48. The summed E-state index contributed by atoms with van der Waals surface area (Å²) < 4.78 is 5.17. The molecule has 0 spiro atoms. The number of rotatable bonds is 4. The molecular weight excluding hydrogens is 258 g/mol. The van der Waals surface area contributed by atoms with E-state index in [0.29, 0.717) is 26.2 Å². The van der Waals surface area contributed by atoms with Crippen LogP contribution in [0.25, 0.3) is 0 Å². The molecule has 1 aliphatic rings. The molecule has 0 aromatic carbocycles. The van der Waals surface area contributed by atoms with Gasteiger partial charge in [-0.1, -0.05) is 0 Å². The zero-order valence-corrected chi connectivity index (χ0v) is 13.0. The van der Waals surface area contributed by atoms with Gasteiger partial charge in [-0.05, 0) is 40.5 Å². The number of urea groups is 1. The van der Waals surface area contributed by atoms with Crippen LogP contribution in [-0.2, 0) is 4.74 Å². The van der Waals surface area contributed by atoms with Crippen molar-refractivity contribution in [2.45, 2.75) is 52.7 Å². The molecule has 0 radical (unpaired) electrons. The largest absolute Gasteiger partial charge is 0.447 e. The molecule has 0 aromatic rings. The maximum absolute atomic E-state index is 11.9. The smallest absolute Gasteiger partial charge is 0.410 e. The number of nitrogens with zero attached hydrogens (tertiary/aromatic N) is 2. The van der Waals surface area contributed by atoms with E-state index in [2.05, 4.69) is 5.32 Å². The first-order chi connectivity index (χ1) is 9.47. The van der Waals surface area contributed by atoms with Crippen LogP contribution in [0.1, 0.15) is 40.5 Å². The van der Waals surface area contributed by atoms with E-state index in [1.165, 1.54) is 0 Å². The van der Waals surface area contributed by atoms with Crippen LogP contribution in [0.15, 0.2) is 0 Å². The van der Waals surface area contributed by atoms with Gasteiger partial charge in [0.15, 0.2) is 0 Å². The summed E-state index contributed by atoms with van der Waals surface area (Å²) in [5, 5.41) is 3.03. The Kier molecular flexibility index (Phi) is 6.61. The van der Waals surface area contributed by atoms with Gasteiger partial charge in [0.25, 0.3) is 0 Å². The molecule has 0 bridgehead atoms. The molecule has 20 heavy (non-hydrogen) atoms. The highest BCUT2D eigenvalue weighted by Gasteiger charge is 2.25. The fraction of sp³-hybridized carbons (Fsp3) is 0.857. The van der Waals surface area contributed by atoms with Crippen LogP contribution in [0, 0.1) is 0 Å². The van der Waals surface area contributed by atoms with Crippen molar-refractivity contribution in [1.29, 1.82) is 0 Å². The molecule has 0 unspecified atom stereocenters. The fourth-order valence-corrected chi connectivity index (χ4v) is 2.26. The number of ether oxygens (including phenoxy) is 1. The second kappa shape index (κ2) is 7.97. The molecule has 1 aliphatic heterocycles. The molecule has 3 amide bonds. The highest BCUT2D eigenvalue weighted by Crippen LogP contribution is 2.12. The maximum Gasteiger partial charge on any atom is 0.410 e. The van der Waals surface area contributed by atoms with Crippen LogP contribution < -0.4 is 5.32 Å². The molecule has 1 rings (SSSR count). The van der Waals surface area contributed by atoms with E-state index in [0.717, 1.165) is 12.8 Å². The number of carbonyl (C=O) groups excluding carboxylic acids is 2. The lowest BCUT2D eigenvalue weighted by Crippen LogP contribution is -2.50. The lowest BCUT2D eigenvalue weighted by atomic mass is 10.1. The Morgan fingerprint density at radius 1 is 1.25 bits per heavy atom. The van der Waals surface area contributed by atoms with Gasteiger partial charge in [0.05, 0.1) is 6.10 Å². The second-order valence-corrected chi connectivity index (χ2v) is 5.32. The van der Waals surface area contributed by atoms with Gasteiger partial charge in [0.2, 0.25) is 0 Å². The van der Waals surface area contributed by atoms with E-state index in [1.807, 2.05) is 27.7 Å². The van der Waals surface area contributed by atoms with Gasteiger partial charge < -0.3 is 19.9 Å². The number of hydrogen-bond acceptors (Lipinski definition) is 3. The quantitative estimate of drug-likeness (QED) is 0.860. The first-order valence-electron chi connectivity index (χ1n) is 7.48. The van der Waals surface area contributed by atoms with Crippen LogP contribution >= 0.6 is 0 Å². The van der Waals surface area contributed by atoms with Gasteiger partial charge in [0.1, 0.15) is 0 Å². The SMILES string of the molecule is CCN(CC)C(=O)NC1CCN(C(=O)OC(C)C)CC1. The summed E-state index contributed by atoms with van der Waals surface area (Å²) in [6.07, 6.45) is 1.21. The Hall–Kier alpha value is -1.46. The highest BCUT2D eigenvalue weighted by atomic mass is 16.6. The Morgan fingerprint density at radius 3 is 2.25 bits per heavy atom. The standard InChI is InChI=1S/C14H27N3O3/c1-5-16(6-2)13(18)15-12-7-9-17(10-8-12)14(19)20-11(3)4/h11-12H,5-10H2,1-4H3,(H,15,18). The lowest BCUT2D eigenvalue weighted by molar-refractivity contribution is 0.0681. The third-order valence-corrected chi connectivity index (χ3v) is 3.47. The Bertz CT molecular complexity index is 322. The molecule has 0 aromatic heterocycles. The molecule has 1 fully saturated rings. The third kappa shape index (κ3) is 4.90. The van der Waals surface area contributed by atoms with Crippen LogP contribution in [0.2, 0.25) is 0 Å². The summed E-state index contributed by atoms with van der Waals surface area (Å²) >= 11 is 0. The summed E-state index contributed by atoms with van der Waals surface area (Å²) in [5.74, 6) is 0. The van der Waals surface area contributed by atoms with Crippen molar-refractivity contribution < 1.29 is 14.3 Å². The van der Waals surface area contributed by atoms with Gasteiger partial charge in [0, 0.05) is 32.2 Å². The van der Waals surface area contributed by atoms with Gasteiger partial charge in [-0.3, -0.25) is 0 Å².